The van der Waals surface area contributed by atoms with Crippen LogP contribution in [0.5, 0.6) is 0 Å². The molecule has 0 saturated carbocycles. The first kappa shape index (κ1) is 21.8. The lowest BCUT2D eigenvalue weighted by atomic mass is 9.82. The quantitative estimate of drug-likeness (QED) is 0.700. The first-order chi connectivity index (χ1) is 13.9. The minimum absolute atomic E-state index is 0.0303. The topological polar surface area (TPSA) is 102 Å². The molecule has 2 heterocycles. The fourth-order valence-electron chi connectivity index (χ4n) is 2.90. The number of aliphatic imine (C=N–C) groups is 1. The Kier molecular flexibility index (Phi) is 5.41. The van der Waals surface area contributed by atoms with Crippen molar-refractivity contribution in [3.63, 3.8) is 0 Å². The Hall–Kier alpha value is -2.86. The number of hydrogen-bond donors (Lipinski definition) is 2. The van der Waals surface area contributed by atoms with Gasteiger partial charge in [0.05, 0.1) is 12.4 Å². The third-order valence-electron chi connectivity index (χ3n) is 4.38. The van der Waals surface area contributed by atoms with Gasteiger partial charge in [0, 0.05) is 11.3 Å². The molecule has 2 aromatic rings. The highest BCUT2D eigenvalue weighted by Gasteiger charge is 2.71. The van der Waals surface area contributed by atoms with Crippen molar-refractivity contribution in [3.05, 3.63) is 52.8 Å². The van der Waals surface area contributed by atoms with Crippen LogP contribution in [0, 0.1) is 5.82 Å². The zero-order valence-electron chi connectivity index (χ0n) is 15.1. The van der Waals surface area contributed by atoms with Gasteiger partial charge >= 0.3 is 12.0 Å². The predicted octanol–water partition coefficient (Wildman–Crippen LogP) is 3.35. The van der Waals surface area contributed by atoms with Crippen molar-refractivity contribution in [3.8, 4) is 0 Å². The lowest BCUT2D eigenvalue weighted by Crippen LogP contribution is -2.61. The van der Waals surface area contributed by atoms with E-state index in [0.29, 0.717) is 6.92 Å². The highest BCUT2D eigenvalue weighted by atomic mass is 35.5. The van der Waals surface area contributed by atoms with Crippen LogP contribution >= 0.6 is 11.6 Å². The molecule has 0 fully saturated rings. The third kappa shape index (κ3) is 3.67. The number of nitrogens with one attached hydrogen (secondary N) is 1. The number of carbonyl (C=O) groups is 1. The number of rotatable bonds is 3. The normalized spacial score (nSPS) is 24.3. The van der Waals surface area contributed by atoms with Crippen molar-refractivity contribution in [2.24, 2.45) is 10.7 Å². The molecule has 160 valence electrons. The van der Waals surface area contributed by atoms with Crippen molar-refractivity contribution in [1.29, 1.82) is 0 Å². The standard InChI is InChI=1S/C17H13ClF5N5O2/c1-15(16(20,17(21,22)23)30-7-13(24)28-15)9-4-8(2-3-10(9)19)27-14(29)11-5-26-12(18)6-25-11/h2-6H,7H2,1H3,(H2,24,28)(H,27,29)/t15-,16+/m1/s1. The van der Waals surface area contributed by atoms with Crippen LogP contribution in [0.1, 0.15) is 23.0 Å². The summed E-state index contributed by atoms with van der Waals surface area (Å²) < 4.78 is 74.4. The molecule has 1 aliphatic heterocycles. The summed E-state index contributed by atoms with van der Waals surface area (Å²) >= 11 is 5.58. The molecule has 0 spiro atoms. The maximum atomic E-state index is 15.1. The molecule has 0 radical (unpaired) electrons. The second kappa shape index (κ2) is 7.43. The highest BCUT2D eigenvalue weighted by molar-refractivity contribution is 6.29. The van der Waals surface area contributed by atoms with Crippen LogP contribution in [0.4, 0.5) is 27.6 Å². The smallest absolute Gasteiger partial charge is 0.385 e. The number of carbonyl (C=O) groups excluding carboxylic acids is 1. The van der Waals surface area contributed by atoms with E-state index in [2.05, 4.69) is 25.0 Å². The van der Waals surface area contributed by atoms with Crippen molar-refractivity contribution < 1.29 is 31.5 Å². The lowest BCUT2D eigenvalue weighted by molar-refractivity contribution is -0.357. The van der Waals surface area contributed by atoms with Gasteiger partial charge in [-0.3, -0.25) is 9.79 Å². The lowest BCUT2D eigenvalue weighted by Gasteiger charge is -2.43. The minimum atomic E-state index is -5.56. The van der Waals surface area contributed by atoms with Gasteiger partial charge in [-0.2, -0.15) is 17.6 Å². The van der Waals surface area contributed by atoms with E-state index >= 15 is 4.39 Å². The third-order valence-corrected chi connectivity index (χ3v) is 4.57. The molecule has 3 N–H and O–H groups in total. The van der Waals surface area contributed by atoms with Crippen LogP contribution in [0.15, 0.2) is 35.6 Å². The number of aromatic nitrogens is 2. The van der Waals surface area contributed by atoms with Crippen molar-refractivity contribution in [2.45, 2.75) is 24.5 Å². The van der Waals surface area contributed by atoms with Crippen molar-refractivity contribution >= 4 is 29.0 Å². The number of benzene rings is 1. The maximum Gasteiger partial charge on any atom is 0.451 e. The summed E-state index contributed by atoms with van der Waals surface area (Å²) in [7, 11) is 0. The number of amidine groups is 1. The average molecular weight is 450 g/mol. The molecule has 0 bridgehead atoms. The van der Waals surface area contributed by atoms with Gasteiger partial charge in [0.25, 0.3) is 5.91 Å². The second-order valence-electron chi connectivity index (χ2n) is 6.43. The van der Waals surface area contributed by atoms with Crippen LogP contribution < -0.4 is 11.1 Å². The first-order valence-electron chi connectivity index (χ1n) is 8.20. The first-order valence-corrected chi connectivity index (χ1v) is 8.58. The SMILES string of the molecule is C[C@]1(c2cc(NC(=O)c3cnc(Cl)cn3)ccc2F)N=C(N)CO[C@]1(F)C(F)(F)F. The van der Waals surface area contributed by atoms with Gasteiger partial charge in [-0.05, 0) is 25.1 Å². The summed E-state index contributed by atoms with van der Waals surface area (Å²) in [5.41, 5.74) is 1.37. The van der Waals surface area contributed by atoms with Crippen LogP contribution in [0.2, 0.25) is 5.15 Å². The number of nitrogens with two attached hydrogens (primary N) is 1. The van der Waals surface area contributed by atoms with Crippen molar-refractivity contribution in [1.82, 2.24) is 9.97 Å². The minimum Gasteiger partial charge on any atom is -0.385 e. The average Bonchev–Trinajstić information content (AvgIpc) is 2.66. The largest absolute Gasteiger partial charge is 0.451 e. The fraction of sp³-hybridized carbons (Fsp3) is 0.294. The highest BCUT2D eigenvalue weighted by Crippen LogP contribution is 2.52. The van der Waals surface area contributed by atoms with E-state index in [4.69, 9.17) is 17.3 Å². The number of nitrogens with zero attached hydrogens (tertiary/aromatic N) is 3. The summed E-state index contributed by atoms with van der Waals surface area (Å²) in [6.07, 6.45) is -3.40. The molecule has 0 unspecified atom stereocenters. The van der Waals surface area contributed by atoms with Crippen LogP contribution in [0.25, 0.3) is 0 Å². The molecule has 30 heavy (non-hydrogen) atoms. The van der Waals surface area contributed by atoms with E-state index in [0.717, 1.165) is 30.6 Å². The summed E-state index contributed by atoms with van der Waals surface area (Å²) in [4.78, 5) is 23.2. The summed E-state index contributed by atoms with van der Waals surface area (Å²) in [5.74, 6) is -6.85. The zero-order chi connectivity index (χ0) is 22.3. The van der Waals surface area contributed by atoms with Gasteiger partial charge < -0.3 is 15.8 Å². The number of ether oxygens (including phenoxy) is 1. The molecular weight excluding hydrogens is 437 g/mol. The van der Waals surface area contributed by atoms with E-state index in [1.165, 1.54) is 0 Å². The van der Waals surface area contributed by atoms with Crippen LogP contribution in [-0.4, -0.2) is 40.3 Å². The second-order valence-corrected chi connectivity index (χ2v) is 6.82. The summed E-state index contributed by atoms with van der Waals surface area (Å²) in [6, 6.07) is 2.62. The molecule has 3 rings (SSSR count). The Balaban J connectivity index is 2.04. The predicted molar refractivity (Wildman–Crippen MR) is 96.2 cm³/mol. The zero-order valence-corrected chi connectivity index (χ0v) is 15.9. The van der Waals surface area contributed by atoms with E-state index in [9.17, 15) is 22.4 Å². The Morgan fingerprint density at radius 1 is 1.30 bits per heavy atom. The Morgan fingerprint density at radius 3 is 2.60 bits per heavy atom. The van der Waals surface area contributed by atoms with Gasteiger partial charge in [0.15, 0.2) is 5.54 Å². The number of halogens is 6. The van der Waals surface area contributed by atoms with Crippen LogP contribution in [0.3, 0.4) is 0 Å². The molecule has 2 atom stereocenters. The maximum absolute atomic E-state index is 15.1. The van der Waals surface area contributed by atoms with Gasteiger partial charge in [0.2, 0.25) is 0 Å². The number of anilines is 1. The Morgan fingerprint density at radius 2 is 2.00 bits per heavy atom. The number of hydrogen-bond acceptors (Lipinski definition) is 6. The number of alkyl halides is 4. The van der Waals surface area contributed by atoms with E-state index < -0.39 is 47.3 Å². The molecule has 1 aromatic heterocycles. The van der Waals surface area contributed by atoms with Gasteiger partial charge in [-0.1, -0.05) is 11.6 Å². The van der Waals surface area contributed by atoms with Gasteiger partial charge in [-0.25, -0.2) is 14.4 Å². The molecule has 1 amide bonds. The summed E-state index contributed by atoms with van der Waals surface area (Å²) in [6.45, 7) is -0.236. The molecule has 1 aliphatic rings. The van der Waals surface area contributed by atoms with Crippen molar-refractivity contribution in [2.75, 3.05) is 11.9 Å². The molecule has 1 aromatic carbocycles. The van der Waals surface area contributed by atoms with Gasteiger partial charge in [0.1, 0.15) is 29.1 Å². The van der Waals surface area contributed by atoms with E-state index in [1.807, 2.05) is 0 Å². The monoisotopic (exact) mass is 449 g/mol. The Bertz CT molecular complexity index is 1020. The molecule has 7 nitrogen and oxygen atoms in total. The number of amides is 1. The Labute approximate surface area is 171 Å². The molecule has 0 aliphatic carbocycles. The molecule has 13 heteroatoms. The van der Waals surface area contributed by atoms with E-state index in [-0.39, 0.29) is 16.5 Å². The molecular formula is C17H13ClF5N5O2. The summed E-state index contributed by atoms with van der Waals surface area (Å²) in [5, 5.41) is 2.33. The fourth-order valence-corrected chi connectivity index (χ4v) is 2.99. The van der Waals surface area contributed by atoms with Gasteiger partial charge in [-0.15, -0.1) is 0 Å². The van der Waals surface area contributed by atoms with Crippen LogP contribution in [-0.2, 0) is 10.3 Å². The van der Waals surface area contributed by atoms with E-state index in [1.54, 1.807) is 0 Å². The molecule has 0 saturated heterocycles.